The first-order valence-electron chi connectivity index (χ1n) is 10.5. The van der Waals surface area contributed by atoms with Gasteiger partial charge in [-0.25, -0.2) is 24.5 Å². The lowest BCUT2D eigenvalue weighted by molar-refractivity contribution is 0.0518. The first-order valence-corrected chi connectivity index (χ1v) is 11.3. The Morgan fingerprint density at radius 1 is 1.21 bits per heavy atom. The molecule has 11 nitrogen and oxygen atoms in total. The van der Waals surface area contributed by atoms with Crippen molar-refractivity contribution in [2.24, 2.45) is 0 Å². The molecule has 12 heteroatoms. The van der Waals surface area contributed by atoms with E-state index in [-0.39, 0.29) is 12.5 Å². The second kappa shape index (κ2) is 8.93. The van der Waals surface area contributed by atoms with E-state index in [1.165, 1.54) is 10.8 Å². The summed E-state index contributed by atoms with van der Waals surface area (Å²) in [6.45, 7) is 5.88. The maximum Gasteiger partial charge on any atom is 0.425 e. The summed E-state index contributed by atoms with van der Waals surface area (Å²) in [4.78, 5) is 37.5. The highest BCUT2D eigenvalue weighted by molar-refractivity contribution is 9.10. The van der Waals surface area contributed by atoms with Gasteiger partial charge in [-0.2, -0.15) is 4.57 Å². The summed E-state index contributed by atoms with van der Waals surface area (Å²) in [7, 11) is 0. The van der Waals surface area contributed by atoms with E-state index in [1.54, 1.807) is 39.2 Å². The molecule has 0 saturated heterocycles. The molecular formula is C22H24BrN7O4. The number of nitrogen functional groups attached to an aromatic ring is 1. The van der Waals surface area contributed by atoms with E-state index >= 15 is 0 Å². The van der Waals surface area contributed by atoms with Crippen molar-refractivity contribution >= 4 is 38.9 Å². The van der Waals surface area contributed by atoms with Crippen molar-refractivity contribution < 1.29 is 14.6 Å². The van der Waals surface area contributed by atoms with Gasteiger partial charge in [-0.3, -0.25) is 4.57 Å². The number of carbonyl (C=O) groups excluding carboxylic acids is 1. The quantitative estimate of drug-likeness (QED) is 0.374. The molecule has 4 rings (SSSR count). The molecule has 3 N–H and O–H groups in total. The predicted molar refractivity (Wildman–Crippen MR) is 129 cm³/mol. The number of imidazole rings is 1. The van der Waals surface area contributed by atoms with Gasteiger partial charge in [0.25, 0.3) is 0 Å². The molecule has 178 valence electrons. The number of rotatable bonds is 5. The van der Waals surface area contributed by atoms with Crippen molar-refractivity contribution in [3.05, 3.63) is 52.0 Å². The monoisotopic (exact) mass is 529 g/mol. The molecule has 0 aliphatic rings. The predicted octanol–water partition coefficient (Wildman–Crippen LogP) is 3.38. The molecule has 0 bridgehead atoms. The topological polar surface area (TPSA) is 143 Å². The van der Waals surface area contributed by atoms with Crippen LogP contribution in [-0.4, -0.2) is 45.5 Å². The van der Waals surface area contributed by atoms with Gasteiger partial charge in [-0.15, -0.1) is 0 Å². The van der Waals surface area contributed by atoms with Crippen LogP contribution in [0.15, 0.2) is 46.3 Å². The van der Waals surface area contributed by atoms with Crippen molar-refractivity contribution in [1.29, 1.82) is 0 Å². The van der Waals surface area contributed by atoms with Gasteiger partial charge in [-0.1, -0.05) is 0 Å². The lowest BCUT2D eigenvalue weighted by atomic mass is 10.1. The van der Waals surface area contributed by atoms with E-state index in [2.05, 4.69) is 30.9 Å². The molecule has 0 radical (unpaired) electrons. The molecule has 0 aromatic carbocycles. The van der Waals surface area contributed by atoms with Crippen LogP contribution < -0.4 is 11.4 Å². The fourth-order valence-corrected chi connectivity index (χ4v) is 3.94. The second-order valence-electron chi connectivity index (χ2n) is 8.69. The van der Waals surface area contributed by atoms with E-state index in [9.17, 15) is 14.7 Å². The van der Waals surface area contributed by atoms with Gasteiger partial charge in [0.2, 0.25) is 11.8 Å². The lowest BCUT2D eigenvalue weighted by Crippen LogP contribution is -2.34. The highest BCUT2D eigenvalue weighted by Gasteiger charge is 2.23. The highest BCUT2D eigenvalue weighted by Crippen LogP contribution is 2.31. The molecule has 0 saturated carbocycles. The van der Waals surface area contributed by atoms with Crippen LogP contribution in [0.3, 0.4) is 0 Å². The number of anilines is 1. The number of aromatic nitrogens is 6. The molecule has 0 aliphatic carbocycles. The largest absolute Gasteiger partial charge is 0.493 e. The SMILES string of the molecule is CC(C)(C)OC(=O)n1c(O)cn(CCCn2cc(-c3ccnc(N)n3)c3cc(Br)ncc32)c1=O. The maximum absolute atomic E-state index is 12.6. The molecule has 4 heterocycles. The van der Waals surface area contributed by atoms with E-state index in [0.29, 0.717) is 27.8 Å². The zero-order chi connectivity index (χ0) is 24.6. The van der Waals surface area contributed by atoms with E-state index < -0.39 is 23.3 Å². The van der Waals surface area contributed by atoms with Crippen LogP contribution in [0.5, 0.6) is 5.88 Å². The average Bonchev–Trinajstić information content (AvgIpc) is 3.23. The number of aryl methyl sites for hydroxylation is 2. The van der Waals surface area contributed by atoms with E-state index in [4.69, 9.17) is 10.5 Å². The van der Waals surface area contributed by atoms with Crippen LogP contribution >= 0.6 is 15.9 Å². The number of hydrogen-bond acceptors (Lipinski definition) is 8. The zero-order valence-corrected chi connectivity index (χ0v) is 20.5. The van der Waals surface area contributed by atoms with Crippen molar-refractivity contribution in [1.82, 2.24) is 28.7 Å². The Labute approximate surface area is 203 Å². The first kappa shape index (κ1) is 23.5. The van der Waals surface area contributed by atoms with Crippen molar-refractivity contribution in [2.75, 3.05) is 5.73 Å². The highest BCUT2D eigenvalue weighted by atomic mass is 79.9. The second-order valence-corrected chi connectivity index (χ2v) is 9.51. The van der Waals surface area contributed by atoms with Gasteiger partial charge in [0.1, 0.15) is 10.2 Å². The van der Waals surface area contributed by atoms with Crippen LogP contribution in [-0.2, 0) is 17.8 Å². The smallest absolute Gasteiger partial charge is 0.425 e. The Morgan fingerprint density at radius 2 is 1.94 bits per heavy atom. The molecule has 0 fully saturated rings. The van der Waals surface area contributed by atoms with Gasteiger partial charge in [0.05, 0.1) is 23.6 Å². The Bertz CT molecular complexity index is 1430. The number of nitrogens with zero attached hydrogens (tertiary/aromatic N) is 6. The van der Waals surface area contributed by atoms with Crippen LogP contribution in [0, 0.1) is 0 Å². The number of halogens is 1. The van der Waals surface area contributed by atoms with Crippen molar-refractivity contribution in [3.8, 4) is 17.1 Å². The van der Waals surface area contributed by atoms with Gasteiger partial charge in [-0.05, 0) is 55.3 Å². The Hall–Kier alpha value is -3.67. The Kier molecular flexibility index (Phi) is 6.17. The molecule has 0 aliphatic heterocycles. The summed E-state index contributed by atoms with van der Waals surface area (Å²) in [5.41, 5.74) is 6.75. The van der Waals surface area contributed by atoms with Crippen molar-refractivity contribution in [3.63, 3.8) is 0 Å². The van der Waals surface area contributed by atoms with Gasteiger partial charge in [0, 0.05) is 36.4 Å². The average molecular weight is 530 g/mol. The lowest BCUT2D eigenvalue weighted by Gasteiger charge is -2.19. The number of nitrogens with two attached hydrogens (primary N) is 1. The molecule has 34 heavy (non-hydrogen) atoms. The normalized spacial score (nSPS) is 11.8. The number of hydrogen-bond donors (Lipinski definition) is 2. The Morgan fingerprint density at radius 3 is 2.65 bits per heavy atom. The molecule has 0 atom stereocenters. The summed E-state index contributed by atoms with van der Waals surface area (Å²) in [5, 5.41) is 11.1. The molecule has 0 amide bonds. The molecular weight excluding hydrogens is 506 g/mol. The summed E-state index contributed by atoms with van der Waals surface area (Å²) in [5.74, 6) is -0.288. The molecule has 4 aromatic rings. The first-order chi connectivity index (χ1) is 16.0. The number of carbonyl (C=O) groups is 1. The standard InChI is InChI=1S/C22H24BrN7O4/c1-22(2,3)34-21(33)30-18(31)12-29(20(30)32)8-4-7-28-11-14(15-5-6-25-19(24)27-15)13-9-17(23)26-10-16(13)28/h5-6,9-12,31H,4,7-8H2,1-3H3,(H2,24,25,27). The summed E-state index contributed by atoms with van der Waals surface area (Å²) in [6, 6.07) is 3.69. The van der Waals surface area contributed by atoms with Gasteiger partial charge >= 0.3 is 11.8 Å². The molecule has 4 aromatic heterocycles. The van der Waals surface area contributed by atoms with Gasteiger partial charge < -0.3 is 20.1 Å². The van der Waals surface area contributed by atoms with Crippen molar-refractivity contribution in [2.45, 2.75) is 45.9 Å². The molecule has 0 unspecified atom stereocenters. The van der Waals surface area contributed by atoms with Crippen LogP contribution in [0.2, 0.25) is 0 Å². The minimum Gasteiger partial charge on any atom is -0.493 e. The minimum absolute atomic E-state index is 0.181. The van der Waals surface area contributed by atoms with Crippen LogP contribution in [0.4, 0.5) is 10.7 Å². The molecule has 0 spiro atoms. The van der Waals surface area contributed by atoms with E-state index in [0.717, 1.165) is 16.5 Å². The maximum atomic E-state index is 12.6. The third-order valence-corrected chi connectivity index (χ3v) is 5.43. The summed E-state index contributed by atoms with van der Waals surface area (Å²) in [6.07, 6.45) is 6.16. The zero-order valence-electron chi connectivity index (χ0n) is 18.9. The fourth-order valence-electron chi connectivity index (χ4n) is 3.60. The number of fused-ring (bicyclic) bond motifs is 1. The third kappa shape index (κ3) is 4.81. The fraction of sp³-hybridized carbons (Fsp3) is 0.318. The number of pyridine rings is 1. The third-order valence-electron chi connectivity index (χ3n) is 5.00. The Balaban J connectivity index is 1.57. The van der Waals surface area contributed by atoms with Crippen LogP contribution in [0.25, 0.3) is 22.2 Å². The summed E-state index contributed by atoms with van der Waals surface area (Å²) >= 11 is 3.41. The van der Waals surface area contributed by atoms with Gasteiger partial charge in [0.15, 0.2) is 0 Å². The van der Waals surface area contributed by atoms with Crippen LogP contribution in [0.1, 0.15) is 27.2 Å². The minimum atomic E-state index is -0.921. The summed E-state index contributed by atoms with van der Waals surface area (Å²) < 4.78 is 9.80. The number of aromatic hydroxyl groups is 1. The van der Waals surface area contributed by atoms with E-state index in [1.807, 2.05) is 16.8 Å². The number of ether oxygens (including phenoxy) is 1.